The number of hydrogen-bond acceptors (Lipinski definition) is 4. The normalized spacial score (nSPS) is 23.3. The summed E-state index contributed by atoms with van der Waals surface area (Å²) in [4.78, 5) is 27.6. The fraction of sp³-hybridized carbons (Fsp3) is 0.476. The van der Waals surface area contributed by atoms with Crippen molar-refractivity contribution in [2.45, 2.75) is 32.4 Å². The molecule has 0 unspecified atom stereocenters. The summed E-state index contributed by atoms with van der Waals surface area (Å²) >= 11 is 6.06. The van der Waals surface area contributed by atoms with Crippen molar-refractivity contribution < 1.29 is 9.59 Å². The van der Waals surface area contributed by atoms with Gasteiger partial charge in [-0.05, 0) is 42.4 Å². The third-order valence-corrected chi connectivity index (χ3v) is 6.37. The van der Waals surface area contributed by atoms with Crippen LogP contribution in [0.5, 0.6) is 0 Å². The third-order valence-electron chi connectivity index (χ3n) is 6.13. The van der Waals surface area contributed by atoms with Crippen LogP contribution in [0.15, 0.2) is 36.7 Å². The van der Waals surface area contributed by atoms with Crippen molar-refractivity contribution in [3.8, 4) is 0 Å². The van der Waals surface area contributed by atoms with E-state index in [1.165, 1.54) is 22.1 Å². The Morgan fingerprint density at radius 3 is 2.66 bits per heavy atom. The maximum absolute atomic E-state index is 12.8. The number of benzene rings is 1. The summed E-state index contributed by atoms with van der Waals surface area (Å²) in [5.74, 6) is 0.945. The summed E-state index contributed by atoms with van der Waals surface area (Å²) in [6.07, 6.45) is 5.32. The summed E-state index contributed by atoms with van der Waals surface area (Å²) in [7, 11) is 1.67. The van der Waals surface area contributed by atoms with Gasteiger partial charge in [-0.1, -0.05) is 23.7 Å². The molecule has 2 heterocycles. The molecule has 0 spiro atoms. The first kappa shape index (κ1) is 19.9. The van der Waals surface area contributed by atoms with Crippen LogP contribution >= 0.6 is 11.6 Å². The predicted octanol–water partition coefficient (Wildman–Crippen LogP) is 2.99. The van der Waals surface area contributed by atoms with E-state index in [2.05, 4.69) is 16.5 Å². The van der Waals surface area contributed by atoms with Gasteiger partial charge in [-0.25, -0.2) is 4.79 Å². The van der Waals surface area contributed by atoms with Gasteiger partial charge in [0.05, 0.1) is 18.1 Å². The van der Waals surface area contributed by atoms with E-state index < -0.39 is 0 Å². The number of halogens is 1. The molecule has 7 nitrogen and oxygen atoms in total. The first-order valence-corrected chi connectivity index (χ1v) is 10.3. The van der Waals surface area contributed by atoms with Crippen molar-refractivity contribution in [2.24, 2.45) is 11.8 Å². The first-order valence-electron chi connectivity index (χ1n) is 9.97. The molecule has 1 N–H and O–H groups in total. The van der Waals surface area contributed by atoms with Gasteiger partial charge in [-0.3, -0.25) is 4.79 Å². The lowest BCUT2D eigenvalue weighted by Crippen LogP contribution is -2.35. The van der Waals surface area contributed by atoms with Crippen LogP contribution in [0.4, 0.5) is 10.5 Å². The van der Waals surface area contributed by atoms with Gasteiger partial charge >= 0.3 is 6.03 Å². The molecule has 2 fully saturated rings. The number of rotatable bonds is 4. The number of amides is 2. The van der Waals surface area contributed by atoms with E-state index in [9.17, 15) is 9.59 Å². The van der Waals surface area contributed by atoms with Crippen LogP contribution < -0.4 is 10.2 Å². The lowest BCUT2D eigenvalue weighted by molar-refractivity contribution is -0.116. The largest absolute Gasteiger partial charge is 0.344 e. The predicted molar refractivity (Wildman–Crippen MR) is 112 cm³/mol. The van der Waals surface area contributed by atoms with E-state index in [1.54, 1.807) is 19.4 Å². The SMILES string of the molecule is CC(=O)N(C)c1cnn(C(=O)N2C[C@H]3C[C@@H](NCc4cccc(Cl)c4)C[C@H]3C2)c1. The van der Waals surface area contributed by atoms with Crippen molar-refractivity contribution in [3.05, 3.63) is 47.2 Å². The quantitative estimate of drug-likeness (QED) is 0.833. The lowest BCUT2D eigenvalue weighted by atomic mass is 10.0. The summed E-state index contributed by atoms with van der Waals surface area (Å²) in [6.45, 7) is 3.82. The fourth-order valence-electron chi connectivity index (χ4n) is 4.45. The van der Waals surface area contributed by atoms with E-state index in [4.69, 9.17) is 11.6 Å². The molecule has 1 saturated carbocycles. The standard InChI is InChI=1S/C21H26ClN5O2/c1-14(28)25(2)20-10-24-27(13-20)21(29)26-11-16-7-19(8-17(16)12-26)23-9-15-4-3-5-18(22)6-15/h3-6,10,13,16-17,19,23H,7-9,11-12H2,1-2H3/t16-,17+,19-. The molecule has 2 amide bonds. The zero-order chi connectivity index (χ0) is 20.5. The number of nitrogens with zero attached hydrogens (tertiary/aromatic N) is 4. The Morgan fingerprint density at radius 2 is 2.00 bits per heavy atom. The molecule has 3 atom stereocenters. The highest BCUT2D eigenvalue weighted by Crippen LogP contribution is 2.38. The molecule has 2 aromatic rings. The van der Waals surface area contributed by atoms with Crippen LogP contribution in [-0.4, -0.2) is 52.8 Å². The van der Waals surface area contributed by atoms with Gasteiger partial charge in [-0.2, -0.15) is 9.78 Å². The van der Waals surface area contributed by atoms with Crippen LogP contribution in [0.1, 0.15) is 25.3 Å². The van der Waals surface area contributed by atoms with E-state index in [-0.39, 0.29) is 11.9 Å². The third kappa shape index (κ3) is 4.31. The Labute approximate surface area is 175 Å². The van der Waals surface area contributed by atoms with Crippen LogP contribution in [0, 0.1) is 11.8 Å². The van der Waals surface area contributed by atoms with Crippen molar-refractivity contribution in [1.82, 2.24) is 20.0 Å². The second kappa shape index (κ2) is 8.16. The van der Waals surface area contributed by atoms with Crippen molar-refractivity contribution in [3.63, 3.8) is 0 Å². The summed E-state index contributed by atoms with van der Waals surface area (Å²) < 4.78 is 1.34. The molecule has 2 aliphatic rings. The monoisotopic (exact) mass is 415 g/mol. The molecule has 4 rings (SSSR count). The molecule has 0 bridgehead atoms. The number of carbonyl (C=O) groups is 2. The van der Waals surface area contributed by atoms with Crippen molar-refractivity contribution >= 4 is 29.2 Å². The van der Waals surface area contributed by atoms with Gasteiger partial charge in [0.25, 0.3) is 0 Å². The molecule has 1 saturated heterocycles. The molecular formula is C21H26ClN5O2. The minimum Gasteiger partial charge on any atom is -0.322 e. The Morgan fingerprint density at radius 1 is 1.28 bits per heavy atom. The first-order chi connectivity index (χ1) is 13.9. The molecule has 154 valence electrons. The van der Waals surface area contributed by atoms with Crippen LogP contribution in [0.25, 0.3) is 0 Å². The molecule has 1 aliphatic carbocycles. The van der Waals surface area contributed by atoms with Gasteiger partial charge < -0.3 is 15.1 Å². The Bertz CT molecular complexity index is 900. The Hall–Kier alpha value is -2.38. The summed E-state index contributed by atoms with van der Waals surface area (Å²) in [6, 6.07) is 8.29. The van der Waals surface area contributed by atoms with Crippen molar-refractivity contribution in [2.75, 3.05) is 25.0 Å². The van der Waals surface area contributed by atoms with E-state index in [0.29, 0.717) is 23.6 Å². The lowest BCUT2D eigenvalue weighted by Gasteiger charge is -2.19. The molecular weight excluding hydrogens is 390 g/mol. The maximum atomic E-state index is 12.8. The summed E-state index contributed by atoms with van der Waals surface area (Å²) in [5, 5.41) is 8.55. The zero-order valence-electron chi connectivity index (χ0n) is 16.7. The van der Waals surface area contributed by atoms with Crippen LogP contribution in [0.3, 0.4) is 0 Å². The number of nitrogens with one attached hydrogen (secondary N) is 1. The van der Waals surface area contributed by atoms with Crippen LogP contribution in [0.2, 0.25) is 5.02 Å². The number of fused-ring (bicyclic) bond motifs is 1. The average Bonchev–Trinajstić information content (AvgIpc) is 3.40. The smallest absolute Gasteiger partial charge is 0.322 e. The molecule has 0 radical (unpaired) electrons. The van der Waals surface area contributed by atoms with Gasteiger partial charge in [0, 0.05) is 44.7 Å². The van der Waals surface area contributed by atoms with Gasteiger partial charge in [0.15, 0.2) is 0 Å². The minimum absolute atomic E-state index is 0.0935. The Kier molecular flexibility index (Phi) is 5.61. The highest BCUT2D eigenvalue weighted by molar-refractivity contribution is 6.30. The van der Waals surface area contributed by atoms with Crippen LogP contribution in [-0.2, 0) is 11.3 Å². The van der Waals surface area contributed by atoms with Gasteiger partial charge in [0.1, 0.15) is 0 Å². The second-order valence-electron chi connectivity index (χ2n) is 8.11. The fourth-order valence-corrected chi connectivity index (χ4v) is 4.66. The highest BCUT2D eigenvalue weighted by atomic mass is 35.5. The molecule has 1 aromatic heterocycles. The number of hydrogen-bond donors (Lipinski definition) is 1. The Balaban J connectivity index is 1.30. The average molecular weight is 416 g/mol. The topological polar surface area (TPSA) is 70.5 Å². The number of carbonyl (C=O) groups excluding carboxylic acids is 2. The number of likely N-dealkylation sites (tertiary alicyclic amines) is 1. The van der Waals surface area contributed by atoms with Crippen molar-refractivity contribution in [1.29, 1.82) is 0 Å². The number of anilines is 1. The highest BCUT2D eigenvalue weighted by Gasteiger charge is 2.42. The van der Waals surface area contributed by atoms with E-state index in [1.807, 2.05) is 23.1 Å². The zero-order valence-corrected chi connectivity index (χ0v) is 17.5. The molecule has 1 aromatic carbocycles. The summed E-state index contributed by atoms with van der Waals surface area (Å²) in [5.41, 5.74) is 1.81. The second-order valence-corrected chi connectivity index (χ2v) is 8.54. The number of aromatic nitrogens is 2. The van der Waals surface area contributed by atoms with Gasteiger partial charge in [-0.15, -0.1) is 0 Å². The minimum atomic E-state index is -0.119. The molecule has 8 heteroatoms. The maximum Gasteiger partial charge on any atom is 0.344 e. The van der Waals surface area contributed by atoms with Gasteiger partial charge in [0.2, 0.25) is 5.91 Å². The molecule has 1 aliphatic heterocycles. The van der Waals surface area contributed by atoms with E-state index >= 15 is 0 Å². The van der Waals surface area contributed by atoms with E-state index in [0.717, 1.165) is 37.5 Å². The molecule has 29 heavy (non-hydrogen) atoms.